The minimum atomic E-state index is -0.456. The minimum Gasteiger partial charge on any atom is -0.486 e. The average molecular weight is 459 g/mol. The van der Waals surface area contributed by atoms with Gasteiger partial charge >= 0.3 is 5.97 Å². The number of likely N-dealkylation sites (tertiary alicyclic amines) is 1. The van der Waals surface area contributed by atoms with Crippen LogP contribution in [0.3, 0.4) is 0 Å². The number of H-pyrrole nitrogens is 1. The number of Topliss-reactive ketones (excluding diaryl/α,β-unsaturated/α-hetero) is 1. The molecule has 1 N–H and O–H groups in total. The Morgan fingerprint density at radius 1 is 1.21 bits per heavy atom. The number of carbonyl (C=O) groups excluding carboxylic acids is 2. The van der Waals surface area contributed by atoms with E-state index in [9.17, 15) is 9.59 Å². The number of esters is 1. The van der Waals surface area contributed by atoms with Crippen LogP contribution >= 0.6 is 0 Å². The Balaban J connectivity index is 1.32. The lowest BCUT2D eigenvalue weighted by Gasteiger charge is -2.38. The number of hydrogen-bond donors (Lipinski definition) is 1. The molecule has 2 aliphatic rings. The molecule has 0 saturated carbocycles. The first-order valence-electron chi connectivity index (χ1n) is 11.9. The van der Waals surface area contributed by atoms with Crippen LogP contribution in [0.25, 0.3) is 17.0 Å². The van der Waals surface area contributed by atoms with Crippen molar-refractivity contribution in [3.8, 4) is 5.75 Å². The third kappa shape index (κ3) is 4.26. The fourth-order valence-electron chi connectivity index (χ4n) is 5.34. The van der Waals surface area contributed by atoms with Crippen LogP contribution in [0.4, 0.5) is 0 Å². The number of nitrogens with zero attached hydrogens (tertiary/aromatic N) is 1. The van der Waals surface area contributed by atoms with Gasteiger partial charge in [0.05, 0.1) is 19.1 Å². The van der Waals surface area contributed by atoms with Crippen LogP contribution in [0.5, 0.6) is 5.75 Å². The van der Waals surface area contributed by atoms with Crippen LogP contribution in [0.2, 0.25) is 0 Å². The predicted molar refractivity (Wildman–Crippen MR) is 132 cm³/mol. The van der Waals surface area contributed by atoms with E-state index in [4.69, 9.17) is 4.74 Å². The zero-order valence-corrected chi connectivity index (χ0v) is 19.7. The molecule has 3 aromatic rings. The zero-order valence-electron chi connectivity index (χ0n) is 19.7. The van der Waals surface area contributed by atoms with E-state index in [2.05, 4.69) is 52.0 Å². The van der Waals surface area contributed by atoms with Crippen molar-refractivity contribution in [3.63, 3.8) is 0 Å². The molecule has 2 aliphatic heterocycles. The molecule has 34 heavy (non-hydrogen) atoms. The topological polar surface area (TPSA) is 71.6 Å². The molecular weight excluding hydrogens is 428 g/mol. The number of methoxy groups -OCH3 is 1. The third-order valence-electron chi connectivity index (χ3n) is 7.28. The fraction of sp³-hybridized carbons (Fsp3) is 0.357. The molecule has 1 saturated heterocycles. The molecule has 5 rings (SSSR count). The first-order valence-corrected chi connectivity index (χ1v) is 11.9. The molecular formula is C28H30N2O4. The van der Waals surface area contributed by atoms with E-state index in [0.29, 0.717) is 17.7 Å². The van der Waals surface area contributed by atoms with E-state index in [-0.39, 0.29) is 11.8 Å². The number of rotatable bonds is 4. The first kappa shape index (κ1) is 22.4. The molecule has 3 heterocycles. The highest BCUT2D eigenvalue weighted by atomic mass is 16.5. The van der Waals surface area contributed by atoms with Crippen molar-refractivity contribution in [2.24, 2.45) is 0 Å². The van der Waals surface area contributed by atoms with Gasteiger partial charge in [-0.2, -0.15) is 0 Å². The maximum atomic E-state index is 13.2. The number of aromatic amines is 1. The van der Waals surface area contributed by atoms with Gasteiger partial charge in [-0.3, -0.25) is 9.69 Å². The van der Waals surface area contributed by atoms with Gasteiger partial charge in [0.25, 0.3) is 0 Å². The van der Waals surface area contributed by atoms with Gasteiger partial charge in [0.2, 0.25) is 0 Å². The van der Waals surface area contributed by atoms with Gasteiger partial charge in [0.1, 0.15) is 11.4 Å². The van der Waals surface area contributed by atoms with Crippen molar-refractivity contribution >= 4 is 28.7 Å². The Hall–Kier alpha value is -3.38. The minimum absolute atomic E-state index is 0.104. The summed E-state index contributed by atoms with van der Waals surface area (Å²) in [5.74, 6) is 0.321. The van der Waals surface area contributed by atoms with E-state index in [1.807, 2.05) is 12.1 Å². The monoisotopic (exact) mass is 458 g/mol. The molecule has 1 fully saturated rings. The number of ether oxygens (including phenoxy) is 2. The van der Waals surface area contributed by atoms with E-state index in [0.717, 1.165) is 43.4 Å². The molecule has 0 amide bonds. The van der Waals surface area contributed by atoms with Crippen LogP contribution < -0.4 is 4.74 Å². The summed E-state index contributed by atoms with van der Waals surface area (Å²) in [7, 11) is 1.34. The molecule has 0 radical (unpaired) electrons. The number of fused-ring (bicyclic) bond motifs is 2. The number of para-hydroxylation sites is 1. The molecule has 0 bridgehead atoms. The summed E-state index contributed by atoms with van der Waals surface area (Å²) in [6.45, 7) is 4.12. The van der Waals surface area contributed by atoms with Crippen LogP contribution in [0.1, 0.15) is 60.1 Å². The SMILES string of the molecule is COC(=O)C=Cc1ccc2c(c1)C(=O)CC1(CCCN(C(C)c3c[nH]c4ccccc34)CC1)O2. The second kappa shape index (κ2) is 9.11. The van der Waals surface area contributed by atoms with E-state index in [1.165, 1.54) is 24.1 Å². The maximum absolute atomic E-state index is 13.2. The summed E-state index contributed by atoms with van der Waals surface area (Å²) in [5, 5.41) is 1.27. The van der Waals surface area contributed by atoms with E-state index < -0.39 is 11.6 Å². The summed E-state index contributed by atoms with van der Waals surface area (Å²) >= 11 is 0. The Morgan fingerprint density at radius 2 is 2.06 bits per heavy atom. The smallest absolute Gasteiger partial charge is 0.330 e. The molecule has 176 valence electrons. The number of benzene rings is 2. The normalized spacial score (nSPS) is 21.9. The lowest BCUT2D eigenvalue weighted by atomic mass is 9.84. The van der Waals surface area contributed by atoms with Crippen molar-refractivity contribution in [3.05, 3.63) is 71.4 Å². The number of carbonyl (C=O) groups is 2. The number of aromatic nitrogens is 1. The molecule has 0 aliphatic carbocycles. The Kier molecular flexibility index (Phi) is 6.00. The average Bonchev–Trinajstić information content (AvgIpc) is 3.18. The van der Waals surface area contributed by atoms with Crippen molar-refractivity contribution in [2.75, 3.05) is 20.2 Å². The Morgan fingerprint density at radius 3 is 2.91 bits per heavy atom. The van der Waals surface area contributed by atoms with Crippen molar-refractivity contribution in [1.29, 1.82) is 0 Å². The van der Waals surface area contributed by atoms with Crippen LogP contribution in [-0.2, 0) is 9.53 Å². The van der Waals surface area contributed by atoms with Gasteiger partial charge < -0.3 is 14.5 Å². The van der Waals surface area contributed by atoms with Crippen LogP contribution in [0.15, 0.2) is 54.7 Å². The lowest BCUT2D eigenvalue weighted by molar-refractivity contribution is -0.134. The highest BCUT2D eigenvalue weighted by molar-refractivity contribution is 6.01. The summed E-state index contributed by atoms with van der Waals surface area (Å²) in [6.07, 6.45) is 8.17. The van der Waals surface area contributed by atoms with Crippen molar-refractivity contribution < 1.29 is 19.1 Å². The highest BCUT2D eigenvalue weighted by Crippen LogP contribution is 2.41. The highest BCUT2D eigenvalue weighted by Gasteiger charge is 2.42. The standard InChI is InChI=1S/C28H30N2O4/c1-19(23-18-29-24-7-4-3-6-21(23)24)30-14-5-12-28(13-15-30)17-25(31)22-16-20(8-10-26(22)34-28)9-11-27(32)33-2/h3-4,6-11,16,18-19,29H,5,12-15,17H2,1-2H3. The predicted octanol–water partition coefficient (Wildman–Crippen LogP) is 5.31. The summed E-state index contributed by atoms with van der Waals surface area (Å²) in [6, 6.07) is 14.2. The van der Waals surface area contributed by atoms with Gasteiger partial charge in [-0.05, 0) is 61.7 Å². The molecule has 2 atom stereocenters. The van der Waals surface area contributed by atoms with Gasteiger partial charge in [-0.15, -0.1) is 0 Å². The van der Waals surface area contributed by atoms with Crippen LogP contribution in [0, 0.1) is 0 Å². The molecule has 2 unspecified atom stereocenters. The second-order valence-electron chi connectivity index (χ2n) is 9.35. The summed E-state index contributed by atoms with van der Waals surface area (Å²) in [4.78, 5) is 30.4. The molecule has 1 aromatic heterocycles. The van der Waals surface area contributed by atoms with Gasteiger partial charge in [0.15, 0.2) is 5.78 Å². The summed E-state index contributed by atoms with van der Waals surface area (Å²) in [5.41, 5.74) is 3.38. The number of hydrogen-bond acceptors (Lipinski definition) is 5. The molecule has 6 nitrogen and oxygen atoms in total. The van der Waals surface area contributed by atoms with E-state index in [1.54, 1.807) is 12.1 Å². The number of nitrogens with one attached hydrogen (secondary N) is 1. The van der Waals surface area contributed by atoms with Gasteiger partial charge in [-0.25, -0.2) is 4.79 Å². The van der Waals surface area contributed by atoms with E-state index >= 15 is 0 Å². The Labute approximate surface area is 199 Å². The Bertz CT molecular complexity index is 1260. The molecule has 6 heteroatoms. The summed E-state index contributed by atoms with van der Waals surface area (Å²) < 4.78 is 11.2. The third-order valence-corrected chi connectivity index (χ3v) is 7.28. The van der Waals surface area contributed by atoms with Crippen molar-refractivity contribution in [1.82, 2.24) is 9.88 Å². The second-order valence-corrected chi connectivity index (χ2v) is 9.35. The molecule has 1 spiro atoms. The van der Waals surface area contributed by atoms with Crippen molar-refractivity contribution in [2.45, 2.75) is 44.2 Å². The maximum Gasteiger partial charge on any atom is 0.330 e. The van der Waals surface area contributed by atoms with Gasteiger partial charge in [-0.1, -0.05) is 24.3 Å². The molecule has 2 aromatic carbocycles. The zero-order chi connectivity index (χ0) is 23.7. The number of ketones is 1. The van der Waals surface area contributed by atoms with Crippen LogP contribution in [-0.4, -0.2) is 47.4 Å². The first-order chi connectivity index (χ1) is 16.5. The lowest BCUT2D eigenvalue weighted by Crippen LogP contribution is -2.43. The van der Waals surface area contributed by atoms with Gasteiger partial charge in [0, 0.05) is 42.2 Å². The fourth-order valence-corrected chi connectivity index (χ4v) is 5.34. The largest absolute Gasteiger partial charge is 0.486 e. The quantitative estimate of drug-likeness (QED) is 0.424.